The Morgan fingerprint density at radius 2 is 2.04 bits per heavy atom. The lowest BCUT2D eigenvalue weighted by atomic mass is 9.86. The van der Waals surface area contributed by atoms with E-state index in [1.54, 1.807) is 11.8 Å². The van der Waals surface area contributed by atoms with Crippen molar-refractivity contribution in [2.75, 3.05) is 7.11 Å². The van der Waals surface area contributed by atoms with Crippen molar-refractivity contribution in [2.24, 2.45) is 5.92 Å². The fourth-order valence-corrected chi connectivity index (χ4v) is 4.00. The van der Waals surface area contributed by atoms with Crippen molar-refractivity contribution in [3.05, 3.63) is 24.3 Å². The van der Waals surface area contributed by atoms with Crippen molar-refractivity contribution < 1.29 is 9.53 Å². The number of carbonyl (C=O) groups excluding carboxylic acids is 1. The summed E-state index contributed by atoms with van der Waals surface area (Å²) in [6, 6.07) is 7.75. The molecule has 3 rings (SSSR count). The fourth-order valence-electron chi connectivity index (χ4n) is 3.18. The van der Waals surface area contributed by atoms with E-state index in [0.717, 1.165) is 17.9 Å². The highest BCUT2D eigenvalue weighted by Crippen LogP contribution is 2.26. The number of methoxy groups -OCH3 is 1. The molecule has 1 N–H and O–H groups in total. The number of aromatic nitrogens is 4. The Kier molecular flexibility index (Phi) is 6.13. The number of thioether (sulfide) groups is 1. The molecule has 1 saturated carbocycles. The van der Waals surface area contributed by atoms with Crippen molar-refractivity contribution >= 4 is 17.7 Å². The van der Waals surface area contributed by atoms with E-state index in [4.69, 9.17) is 4.74 Å². The first kappa shape index (κ1) is 18.7. The molecular weight excluding hydrogens is 350 g/mol. The molecule has 26 heavy (non-hydrogen) atoms. The number of tetrazole rings is 1. The van der Waals surface area contributed by atoms with Crippen LogP contribution in [-0.4, -0.2) is 44.5 Å². The molecule has 0 unspecified atom stereocenters. The smallest absolute Gasteiger partial charge is 0.233 e. The minimum absolute atomic E-state index is 0.0398. The molecule has 1 aliphatic rings. The van der Waals surface area contributed by atoms with Crippen LogP contribution < -0.4 is 10.1 Å². The fraction of sp³-hybridized carbons (Fsp3) is 0.556. The molecule has 1 aromatic carbocycles. The number of hydrogen-bond donors (Lipinski definition) is 1. The summed E-state index contributed by atoms with van der Waals surface area (Å²) in [5.74, 6) is 1.35. The molecule has 0 bridgehead atoms. The molecule has 2 aromatic rings. The van der Waals surface area contributed by atoms with Crippen LogP contribution in [0.15, 0.2) is 29.4 Å². The number of ether oxygens (including phenoxy) is 1. The highest BCUT2D eigenvalue weighted by Gasteiger charge is 2.26. The Hall–Kier alpha value is -2.09. The summed E-state index contributed by atoms with van der Waals surface area (Å²) in [5, 5.41) is 15.4. The third kappa shape index (κ3) is 4.35. The predicted octanol–water partition coefficient (Wildman–Crippen LogP) is 2.85. The summed E-state index contributed by atoms with van der Waals surface area (Å²) in [6.07, 6.45) is 4.69. The minimum atomic E-state index is -0.271. The van der Waals surface area contributed by atoms with E-state index >= 15 is 0 Å². The Balaban J connectivity index is 1.65. The van der Waals surface area contributed by atoms with Crippen molar-refractivity contribution in [3.8, 4) is 11.4 Å². The van der Waals surface area contributed by atoms with Crippen LogP contribution in [0.4, 0.5) is 0 Å². The number of rotatable bonds is 6. The molecule has 1 heterocycles. The average molecular weight is 375 g/mol. The second kappa shape index (κ2) is 8.53. The molecule has 1 aromatic heterocycles. The van der Waals surface area contributed by atoms with Gasteiger partial charge in [0, 0.05) is 6.04 Å². The number of nitrogens with one attached hydrogen (secondary N) is 1. The summed E-state index contributed by atoms with van der Waals surface area (Å²) < 4.78 is 6.81. The molecule has 0 spiro atoms. The van der Waals surface area contributed by atoms with Crippen LogP contribution in [-0.2, 0) is 4.79 Å². The van der Waals surface area contributed by atoms with Gasteiger partial charge in [0.15, 0.2) is 0 Å². The number of carbonyl (C=O) groups is 1. The van der Waals surface area contributed by atoms with E-state index in [1.165, 1.54) is 31.0 Å². The number of amides is 1. The Bertz CT molecular complexity index is 733. The van der Waals surface area contributed by atoms with Crippen molar-refractivity contribution in [2.45, 2.75) is 56.0 Å². The maximum atomic E-state index is 12.6. The normalized spacial score (nSPS) is 21.2. The molecule has 1 amide bonds. The second-order valence-electron chi connectivity index (χ2n) is 6.71. The van der Waals surface area contributed by atoms with Gasteiger partial charge >= 0.3 is 0 Å². The number of nitrogens with zero attached hydrogens (tertiary/aromatic N) is 4. The maximum Gasteiger partial charge on any atom is 0.233 e. The maximum absolute atomic E-state index is 12.6. The first-order chi connectivity index (χ1) is 12.6. The third-order valence-corrected chi connectivity index (χ3v) is 5.88. The first-order valence-corrected chi connectivity index (χ1v) is 9.86. The van der Waals surface area contributed by atoms with Crippen LogP contribution in [0.3, 0.4) is 0 Å². The van der Waals surface area contributed by atoms with Crippen molar-refractivity contribution in [1.29, 1.82) is 0 Å². The minimum Gasteiger partial charge on any atom is -0.497 e. The monoisotopic (exact) mass is 375 g/mol. The molecule has 0 radical (unpaired) electrons. The third-order valence-electron chi connectivity index (χ3n) is 4.85. The van der Waals surface area contributed by atoms with Gasteiger partial charge in [-0.2, -0.15) is 4.68 Å². The first-order valence-electron chi connectivity index (χ1n) is 8.98. The number of hydrogen-bond acceptors (Lipinski definition) is 6. The summed E-state index contributed by atoms with van der Waals surface area (Å²) in [6.45, 7) is 4.10. The summed E-state index contributed by atoms with van der Waals surface area (Å²) >= 11 is 1.36. The Morgan fingerprint density at radius 1 is 1.31 bits per heavy atom. The molecule has 0 aliphatic heterocycles. The quantitative estimate of drug-likeness (QED) is 0.782. The average Bonchev–Trinajstić information content (AvgIpc) is 3.11. The molecular formula is C18H25N5O2S. The van der Waals surface area contributed by atoms with E-state index in [1.807, 2.05) is 31.2 Å². The van der Waals surface area contributed by atoms with Gasteiger partial charge in [0.2, 0.25) is 11.1 Å². The zero-order chi connectivity index (χ0) is 18.5. The van der Waals surface area contributed by atoms with Gasteiger partial charge in [0.05, 0.1) is 18.0 Å². The SMILES string of the molecule is COc1ccc(-n2nnnc2S[C@H](C)C(=O)N[C@H]2CCCC[C@@H]2C)cc1. The standard InChI is InChI=1S/C18H25N5O2S/c1-12-6-4-5-7-16(12)19-17(24)13(2)26-18-20-21-22-23(18)14-8-10-15(25-3)11-9-14/h8-13,16H,4-7H2,1-3H3,(H,19,24)/t12-,13+,16-/m0/s1. The summed E-state index contributed by atoms with van der Waals surface area (Å²) in [4.78, 5) is 12.6. The van der Waals surface area contributed by atoms with Crippen molar-refractivity contribution in [1.82, 2.24) is 25.5 Å². The molecule has 8 heteroatoms. The molecule has 0 saturated heterocycles. The molecule has 1 fully saturated rings. The molecule has 140 valence electrons. The highest BCUT2D eigenvalue weighted by atomic mass is 32.2. The van der Waals surface area contributed by atoms with E-state index in [-0.39, 0.29) is 17.2 Å². The highest BCUT2D eigenvalue weighted by molar-refractivity contribution is 8.00. The van der Waals surface area contributed by atoms with Crippen LogP contribution in [0.5, 0.6) is 5.75 Å². The topological polar surface area (TPSA) is 81.9 Å². The predicted molar refractivity (Wildman–Crippen MR) is 101 cm³/mol. The van der Waals surface area contributed by atoms with Gasteiger partial charge in [0.1, 0.15) is 5.75 Å². The number of benzene rings is 1. The zero-order valence-electron chi connectivity index (χ0n) is 15.4. The lowest BCUT2D eigenvalue weighted by Gasteiger charge is -2.30. The van der Waals surface area contributed by atoms with E-state index in [2.05, 4.69) is 27.8 Å². The van der Waals surface area contributed by atoms with Crippen LogP contribution in [0.1, 0.15) is 39.5 Å². The molecule has 3 atom stereocenters. The zero-order valence-corrected chi connectivity index (χ0v) is 16.2. The van der Waals surface area contributed by atoms with Crippen molar-refractivity contribution in [3.63, 3.8) is 0 Å². The van der Waals surface area contributed by atoms with Gasteiger partial charge in [-0.05, 0) is 60.4 Å². The van der Waals surface area contributed by atoms with Crippen LogP contribution in [0.25, 0.3) is 5.69 Å². The van der Waals surface area contributed by atoms with Gasteiger partial charge in [-0.15, -0.1) is 5.10 Å². The van der Waals surface area contributed by atoms with E-state index in [9.17, 15) is 4.79 Å². The Morgan fingerprint density at radius 3 is 2.73 bits per heavy atom. The lowest BCUT2D eigenvalue weighted by Crippen LogP contribution is -2.44. The molecule has 1 aliphatic carbocycles. The summed E-state index contributed by atoms with van der Waals surface area (Å²) in [7, 11) is 1.63. The van der Waals surface area contributed by atoms with Gasteiger partial charge in [0.25, 0.3) is 0 Å². The Labute approximate surface area is 157 Å². The van der Waals surface area contributed by atoms with Crippen LogP contribution in [0.2, 0.25) is 0 Å². The molecule has 7 nitrogen and oxygen atoms in total. The van der Waals surface area contributed by atoms with Gasteiger partial charge in [-0.1, -0.05) is 31.5 Å². The lowest BCUT2D eigenvalue weighted by molar-refractivity contribution is -0.121. The van der Waals surface area contributed by atoms with Crippen LogP contribution in [0, 0.1) is 5.92 Å². The van der Waals surface area contributed by atoms with E-state index < -0.39 is 0 Å². The summed E-state index contributed by atoms with van der Waals surface area (Å²) in [5.41, 5.74) is 0.826. The van der Waals surface area contributed by atoms with Gasteiger partial charge in [-0.3, -0.25) is 4.79 Å². The van der Waals surface area contributed by atoms with Gasteiger partial charge in [-0.25, -0.2) is 0 Å². The van der Waals surface area contributed by atoms with E-state index in [0.29, 0.717) is 11.1 Å². The van der Waals surface area contributed by atoms with Gasteiger partial charge < -0.3 is 10.1 Å². The largest absolute Gasteiger partial charge is 0.497 e. The second-order valence-corrected chi connectivity index (χ2v) is 8.02. The van der Waals surface area contributed by atoms with Crippen LogP contribution >= 0.6 is 11.8 Å².